The SMILES string of the molecule is CCC(CC)CS(=O)(=O)N1CCNC(C)C1C.Cl. The summed E-state index contributed by atoms with van der Waals surface area (Å²) in [7, 11) is -3.10. The van der Waals surface area contributed by atoms with Crippen LogP contribution < -0.4 is 5.32 Å². The van der Waals surface area contributed by atoms with Crippen LogP contribution in [0.2, 0.25) is 0 Å². The van der Waals surface area contributed by atoms with Crippen LogP contribution in [0.1, 0.15) is 40.5 Å². The van der Waals surface area contributed by atoms with Gasteiger partial charge in [0, 0.05) is 25.2 Å². The third kappa shape index (κ3) is 4.37. The van der Waals surface area contributed by atoms with Gasteiger partial charge in [0.15, 0.2) is 0 Å². The minimum atomic E-state index is -3.10. The number of nitrogens with zero attached hydrogens (tertiary/aromatic N) is 1. The maximum absolute atomic E-state index is 12.4. The van der Waals surface area contributed by atoms with Gasteiger partial charge in [-0.15, -0.1) is 12.4 Å². The van der Waals surface area contributed by atoms with Gasteiger partial charge in [-0.2, -0.15) is 4.31 Å². The molecule has 0 bridgehead atoms. The van der Waals surface area contributed by atoms with E-state index in [2.05, 4.69) is 19.2 Å². The maximum Gasteiger partial charge on any atom is 0.214 e. The second kappa shape index (κ2) is 7.68. The topological polar surface area (TPSA) is 49.4 Å². The van der Waals surface area contributed by atoms with E-state index in [1.165, 1.54) is 0 Å². The largest absolute Gasteiger partial charge is 0.311 e. The van der Waals surface area contributed by atoms with Crippen LogP contribution in [-0.4, -0.2) is 43.6 Å². The predicted molar refractivity (Wildman–Crippen MR) is 78.7 cm³/mol. The van der Waals surface area contributed by atoms with Gasteiger partial charge in [-0.3, -0.25) is 0 Å². The third-order valence-corrected chi connectivity index (χ3v) is 6.06. The van der Waals surface area contributed by atoms with Crippen LogP contribution in [0, 0.1) is 5.92 Å². The summed E-state index contributed by atoms with van der Waals surface area (Å²) in [5.41, 5.74) is 0. The van der Waals surface area contributed by atoms with E-state index < -0.39 is 10.0 Å². The standard InChI is InChI=1S/C12H26N2O2S.ClH/c1-5-12(6-2)9-17(15,16)14-8-7-13-10(3)11(14)4;/h10-13H,5-9H2,1-4H3;1H. The molecule has 0 amide bonds. The van der Waals surface area contributed by atoms with Gasteiger partial charge in [0.05, 0.1) is 5.75 Å². The highest BCUT2D eigenvalue weighted by Gasteiger charge is 2.34. The smallest absolute Gasteiger partial charge is 0.214 e. The summed E-state index contributed by atoms with van der Waals surface area (Å²) in [5, 5.41) is 3.31. The fraction of sp³-hybridized carbons (Fsp3) is 1.00. The molecule has 0 aromatic rings. The van der Waals surface area contributed by atoms with Crippen molar-refractivity contribution in [2.45, 2.75) is 52.6 Å². The Bertz CT molecular complexity index is 331. The first-order valence-corrected chi connectivity index (χ1v) is 8.26. The summed E-state index contributed by atoms with van der Waals surface area (Å²) in [6.45, 7) is 9.52. The average molecular weight is 299 g/mol. The Morgan fingerprint density at radius 3 is 2.33 bits per heavy atom. The van der Waals surface area contributed by atoms with Gasteiger partial charge in [-0.05, 0) is 19.8 Å². The lowest BCUT2D eigenvalue weighted by Crippen LogP contribution is -2.57. The molecule has 1 rings (SSSR count). The van der Waals surface area contributed by atoms with E-state index in [0.717, 1.165) is 19.4 Å². The van der Waals surface area contributed by atoms with Crippen LogP contribution in [0.3, 0.4) is 0 Å². The first-order chi connectivity index (χ1) is 7.92. The highest BCUT2D eigenvalue weighted by atomic mass is 35.5. The summed E-state index contributed by atoms with van der Waals surface area (Å²) in [5.74, 6) is 0.592. The molecule has 2 atom stereocenters. The molecule has 1 aliphatic heterocycles. The summed E-state index contributed by atoms with van der Waals surface area (Å²) in [4.78, 5) is 0. The lowest BCUT2D eigenvalue weighted by atomic mass is 10.1. The van der Waals surface area contributed by atoms with Gasteiger partial charge in [0.2, 0.25) is 10.0 Å². The Kier molecular flexibility index (Phi) is 7.75. The normalized spacial score (nSPS) is 26.1. The molecule has 0 aliphatic carbocycles. The van der Waals surface area contributed by atoms with Gasteiger partial charge in [-0.25, -0.2) is 8.42 Å². The fourth-order valence-corrected chi connectivity index (χ4v) is 4.65. The Morgan fingerprint density at radius 2 is 1.83 bits per heavy atom. The van der Waals surface area contributed by atoms with Gasteiger partial charge in [0.25, 0.3) is 0 Å². The molecule has 0 radical (unpaired) electrons. The van der Waals surface area contributed by atoms with E-state index in [-0.39, 0.29) is 30.4 Å². The number of rotatable bonds is 5. The van der Waals surface area contributed by atoms with E-state index in [1.807, 2.05) is 13.8 Å². The minimum absolute atomic E-state index is 0. The van der Waals surface area contributed by atoms with E-state index in [0.29, 0.717) is 12.3 Å². The van der Waals surface area contributed by atoms with Crippen molar-refractivity contribution < 1.29 is 8.42 Å². The van der Waals surface area contributed by atoms with Gasteiger partial charge in [0.1, 0.15) is 0 Å². The van der Waals surface area contributed by atoms with Crippen molar-refractivity contribution in [1.82, 2.24) is 9.62 Å². The molecule has 0 aromatic carbocycles. The summed E-state index contributed by atoms with van der Waals surface area (Å²) in [6.07, 6.45) is 1.87. The first-order valence-electron chi connectivity index (χ1n) is 6.65. The Hall–Kier alpha value is 0.160. The van der Waals surface area contributed by atoms with Gasteiger partial charge in [-0.1, -0.05) is 26.7 Å². The molecule has 1 aliphatic rings. The lowest BCUT2D eigenvalue weighted by Gasteiger charge is -2.38. The highest BCUT2D eigenvalue weighted by Crippen LogP contribution is 2.19. The van der Waals surface area contributed by atoms with Crippen LogP contribution in [0.4, 0.5) is 0 Å². The molecule has 18 heavy (non-hydrogen) atoms. The van der Waals surface area contributed by atoms with E-state index in [4.69, 9.17) is 0 Å². The fourth-order valence-electron chi connectivity index (χ4n) is 2.34. The molecule has 0 spiro atoms. The molecule has 6 heteroatoms. The zero-order chi connectivity index (χ0) is 13.1. The van der Waals surface area contributed by atoms with Gasteiger partial charge >= 0.3 is 0 Å². The highest BCUT2D eigenvalue weighted by molar-refractivity contribution is 7.89. The molecule has 1 heterocycles. The van der Waals surface area contributed by atoms with Crippen LogP contribution in [-0.2, 0) is 10.0 Å². The predicted octanol–water partition coefficient (Wildman–Crippen LogP) is 1.86. The molecular weight excluding hydrogens is 272 g/mol. The van der Waals surface area contributed by atoms with E-state index in [9.17, 15) is 8.42 Å². The number of nitrogens with one attached hydrogen (secondary N) is 1. The molecule has 1 saturated heterocycles. The van der Waals surface area contributed by atoms with Crippen molar-refractivity contribution in [2.75, 3.05) is 18.8 Å². The van der Waals surface area contributed by atoms with Crippen LogP contribution in [0.5, 0.6) is 0 Å². The molecule has 0 saturated carbocycles. The quantitative estimate of drug-likeness (QED) is 0.843. The van der Waals surface area contributed by atoms with Gasteiger partial charge < -0.3 is 5.32 Å². The monoisotopic (exact) mass is 298 g/mol. The molecule has 1 N–H and O–H groups in total. The van der Waals surface area contributed by atoms with Crippen molar-refractivity contribution in [3.8, 4) is 0 Å². The molecule has 1 fully saturated rings. The average Bonchev–Trinajstić information content (AvgIpc) is 2.29. The Labute approximate surface area is 118 Å². The molecule has 4 nitrogen and oxygen atoms in total. The van der Waals surface area contributed by atoms with Crippen LogP contribution in [0.15, 0.2) is 0 Å². The van der Waals surface area contributed by atoms with Crippen LogP contribution >= 0.6 is 12.4 Å². The zero-order valence-electron chi connectivity index (χ0n) is 11.8. The van der Waals surface area contributed by atoms with Crippen molar-refractivity contribution in [2.24, 2.45) is 5.92 Å². The first kappa shape index (κ1) is 18.2. The van der Waals surface area contributed by atoms with Crippen molar-refractivity contribution in [1.29, 1.82) is 0 Å². The number of sulfonamides is 1. The van der Waals surface area contributed by atoms with Crippen molar-refractivity contribution in [3.05, 3.63) is 0 Å². The Balaban J connectivity index is 0.00000289. The molecule has 0 aromatic heterocycles. The third-order valence-electron chi connectivity index (χ3n) is 3.93. The van der Waals surface area contributed by atoms with Crippen LogP contribution in [0.25, 0.3) is 0 Å². The van der Waals surface area contributed by atoms with Crippen molar-refractivity contribution in [3.63, 3.8) is 0 Å². The van der Waals surface area contributed by atoms with E-state index >= 15 is 0 Å². The Morgan fingerprint density at radius 1 is 1.28 bits per heavy atom. The number of hydrogen-bond acceptors (Lipinski definition) is 3. The van der Waals surface area contributed by atoms with E-state index in [1.54, 1.807) is 4.31 Å². The minimum Gasteiger partial charge on any atom is -0.311 e. The molecular formula is C12H27ClN2O2S. The second-order valence-corrected chi connectivity index (χ2v) is 7.02. The summed E-state index contributed by atoms with van der Waals surface area (Å²) >= 11 is 0. The number of piperazine rings is 1. The summed E-state index contributed by atoms with van der Waals surface area (Å²) in [6, 6.07) is 0.295. The summed E-state index contributed by atoms with van der Waals surface area (Å²) < 4.78 is 26.4. The van der Waals surface area contributed by atoms with Crippen molar-refractivity contribution >= 4 is 22.4 Å². The second-order valence-electron chi connectivity index (χ2n) is 5.06. The lowest BCUT2D eigenvalue weighted by molar-refractivity contribution is 0.231. The maximum atomic E-state index is 12.4. The zero-order valence-corrected chi connectivity index (χ0v) is 13.5. The number of hydrogen-bond donors (Lipinski definition) is 1. The number of halogens is 1. The molecule has 2 unspecified atom stereocenters. The molecule has 110 valence electrons.